The fraction of sp³-hybridized carbons (Fsp3) is 0.529. The maximum absolute atomic E-state index is 14.1. The molecule has 0 saturated heterocycles. The number of carbonyl (C=O) groups is 2. The Morgan fingerprint density at radius 2 is 1.69 bits per heavy atom. The number of aromatic nitrogens is 3. The number of carboxylic acid groups (broad SMARTS) is 1. The van der Waals surface area contributed by atoms with Gasteiger partial charge in [0.25, 0.3) is 0 Å². The van der Waals surface area contributed by atoms with Crippen LogP contribution >= 0.6 is 0 Å². The van der Waals surface area contributed by atoms with E-state index in [0.29, 0.717) is 50.1 Å². The van der Waals surface area contributed by atoms with Gasteiger partial charge in [0.2, 0.25) is 5.91 Å². The highest BCUT2D eigenvalue weighted by Crippen LogP contribution is 2.39. The van der Waals surface area contributed by atoms with Gasteiger partial charge in [-0.2, -0.15) is 5.10 Å². The Labute approximate surface area is 248 Å². The zero-order chi connectivity index (χ0) is 29.2. The van der Waals surface area contributed by atoms with E-state index in [-0.39, 0.29) is 17.7 Å². The van der Waals surface area contributed by atoms with Crippen molar-refractivity contribution in [2.24, 2.45) is 17.8 Å². The monoisotopic (exact) mass is 570 g/mol. The number of methoxy groups -OCH3 is 1. The van der Waals surface area contributed by atoms with Crippen LogP contribution in [0.15, 0.2) is 48.8 Å². The van der Waals surface area contributed by atoms with Gasteiger partial charge in [-0.3, -0.25) is 19.3 Å². The number of anilines is 1. The molecule has 42 heavy (non-hydrogen) atoms. The summed E-state index contributed by atoms with van der Waals surface area (Å²) in [4.78, 5) is 32.5. The summed E-state index contributed by atoms with van der Waals surface area (Å²) >= 11 is 0. The first-order valence-electron chi connectivity index (χ1n) is 15.6. The van der Waals surface area contributed by atoms with Crippen LogP contribution in [0.5, 0.6) is 5.75 Å². The lowest BCUT2D eigenvalue weighted by molar-refractivity contribution is -0.144. The SMILES string of the molecule is COc1ccc(C2CCC(CN(C(=O)C3CCC(C(=O)O)CC3)c3cccc(-c4cnn(C5CC5)c4)c3)CC2)nc1C. The number of aryl methyl sites for hydroxylation is 1. The second kappa shape index (κ2) is 12.3. The van der Waals surface area contributed by atoms with Gasteiger partial charge in [-0.25, -0.2) is 0 Å². The van der Waals surface area contributed by atoms with Crippen molar-refractivity contribution in [1.29, 1.82) is 0 Å². The second-order valence-corrected chi connectivity index (χ2v) is 12.6. The molecule has 3 fully saturated rings. The summed E-state index contributed by atoms with van der Waals surface area (Å²) in [5.41, 5.74) is 5.12. The number of ether oxygens (including phenoxy) is 1. The molecule has 1 amide bonds. The minimum Gasteiger partial charge on any atom is -0.495 e. The van der Waals surface area contributed by atoms with E-state index < -0.39 is 5.97 Å². The van der Waals surface area contributed by atoms with Gasteiger partial charge in [0, 0.05) is 41.5 Å². The van der Waals surface area contributed by atoms with Crippen molar-refractivity contribution >= 4 is 17.6 Å². The Balaban J connectivity index is 1.19. The number of hydrogen-bond acceptors (Lipinski definition) is 5. The number of nitrogens with zero attached hydrogens (tertiary/aromatic N) is 4. The molecular weight excluding hydrogens is 528 g/mol. The normalized spacial score (nSPS) is 24.2. The van der Waals surface area contributed by atoms with Gasteiger partial charge in [-0.05, 0) is 107 Å². The van der Waals surface area contributed by atoms with E-state index in [4.69, 9.17) is 9.72 Å². The number of aliphatic carboxylic acids is 1. The molecule has 0 atom stereocenters. The number of pyridine rings is 1. The van der Waals surface area contributed by atoms with E-state index in [0.717, 1.165) is 59.6 Å². The Kier molecular flexibility index (Phi) is 8.31. The fourth-order valence-electron chi connectivity index (χ4n) is 6.92. The maximum atomic E-state index is 14.1. The van der Waals surface area contributed by atoms with Crippen LogP contribution in [0, 0.1) is 24.7 Å². The summed E-state index contributed by atoms with van der Waals surface area (Å²) in [6, 6.07) is 12.9. The molecule has 2 aromatic heterocycles. The van der Waals surface area contributed by atoms with Gasteiger partial charge in [0.15, 0.2) is 0 Å². The molecule has 0 bridgehead atoms. The van der Waals surface area contributed by atoms with Crippen LogP contribution in [0.1, 0.15) is 87.6 Å². The van der Waals surface area contributed by atoms with Crippen molar-refractivity contribution in [3.05, 3.63) is 60.2 Å². The Morgan fingerprint density at radius 1 is 0.952 bits per heavy atom. The summed E-state index contributed by atoms with van der Waals surface area (Å²) in [5, 5.41) is 14.1. The average molecular weight is 571 g/mol. The molecule has 2 heterocycles. The molecule has 1 N–H and O–H groups in total. The number of rotatable bonds is 9. The lowest BCUT2D eigenvalue weighted by atomic mass is 9.79. The van der Waals surface area contributed by atoms with E-state index in [9.17, 15) is 14.7 Å². The Bertz CT molecular complexity index is 1410. The third kappa shape index (κ3) is 6.22. The van der Waals surface area contributed by atoms with Crippen molar-refractivity contribution < 1.29 is 19.4 Å². The summed E-state index contributed by atoms with van der Waals surface area (Å²) in [6.07, 6.45) is 13.0. The highest BCUT2D eigenvalue weighted by atomic mass is 16.5. The molecule has 3 saturated carbocycles. The molecule has 3 aliphatic carbocycles. The number of carboxylic acids is 1. The molecule has 0 radical (unpaired) electrons. The predicted molar refractivity (Wildman–Crippen MR) is 162 cm³/mol. The molecule has 6 rings (SSSR count). The summed E-state index contributed by atoms with van der Waals surface area (Å²) in [7, 11) is 1.68. The average Bonchev–Trinajstić information content (AvgIpc) is 3.75. The van der Waals surface area contributed by atoms with Crippen molar-refractivity contribution in [2.45, 2.75) is 83.1 Å². The Morgan fingerprint density at radius 3 is 2.36 bits per heavy atom. The van der Waals surface area contributed by atoms with E-state index in [1.54, 1.807) is 7.11 Å². The number of benzene rings is 1. The van der Waals surface area contributed by atoms with E-state index in [1.807, 2.05) is 36.2 Å². The molecule has 1 aromatic carbocycles. The molecule has 3 aromatic rings. The van der Waals surface area contributed by atoms with Crippen molar-refractivity contribution in [2.75, 3.05) is 18.6 Å². The molecule has 8 heteroatoms. The van der Waals surface area contributed by atoms with Gasteiger partial charge >= 0.3 is 5.97 Å². The summed E-state index contributed by atoms with van der Waals surface area (Å²) < 4.78 is 7.46. The van der Waals surface area contributed by atoms with Gasteiger partial charge < -0.3 is 14.7 Å². The summed E-state index contributed by atoms with van der Waals surface area (Å²) in [5.74, 6) is 0.577. The van der Waals surface area contributed by atoms with Gasteiger partial charge in [-0.15, -0.1) is 0 Å². The van der Waals surface area contributed by atoms with Crippen LogP contribution in [0.2, 0.25) is 0 Å². The maximum Gasteiger partial charge on any atom is 0.306 e. The molecule has 0 spiro atoms. The predicted octanol–water partition coefficient (Wildman–Crippen LogP) is 6.80. The lowest BCUT2D eigenvalue weighted by Crippen LogP contribution is -2.41. The third-order valence-corrected chi connectivity index (χ3v) is 9.69. The van der Waals surface area contributed by atoms with Crippen molar-refractivity contribution in [3.63, 3.8) is 0 Å². The first kappa shape index (κ1) is 28.4. The molecule has 222 valence electrons. The molecular formula is C34H42N4O4. The van der Waals surface area contributed by atoms with Gasteiger partial charge in [-0.1, -0.05) is 12.1 Å². The quantitative estimate of drug-likeness (QED) is 0.304. The smallest absolute Gasteiger partial charge is 0.306 e. The van der Waals surface area contributed by atoms with Crippen LogP contribution in [0.25, 0.3) is 11.1 Å². The molecule has 8 nitrogen and oxygen atoms in total. The standard InChI is InChI=1S/C34H42N4O4/c1-22-32(42-2)17-16-31(36-22)24-8-6-23(7-9-24)20-37(33(39)25-10-12-26(13-11-25)34(40)41)30-5-3-4-27(18-30)28-19-35-38(21-28)29-14-15-29/h3-5,16-19,21,23-26,29H,6-15,20H2,1-2H3,(H,40,41). The largest absolute Gasteiger partial charge is 0.495 e. The number of carbonyl (C=O) groups excluding carboxylic acids is 1. The second-order valence-electron chi connectivity index (χ2n) is 12.6. The number of hydrogen-bond donors (Lipinski definition) is 1. The third-order valence-electron chi connectivity index (χ3n) is 9.69. The van der Waals surface area contributed by atoms with Crippen LogP contribution in [-0.2, 0) is 9.59 Å². The van der Waals surface area contributed by atoms with Crippen molar-refractivity contribution in [1.82, 2.24) is 14.8 Å². The van der Waals surface area contributed by atoms with E-state index >= 15 is 0 Å². The lowest BCUT2D eigenvalue weighted by Gasteiger charge is -2.36. The van der Waals surface area contributed by atoms with E-state index in [2.05, 4.69) is 34.2 Å². The van der Waals surface area contributed by atoms with Crippen LogP contribution in [0.4, 0.5) is 5.69 Å². The molecule has 3 aliphatic rings. The van der Waals surface area contributed by atoms with Gasteiger partial charge in [0.1, 0.15) is 5.75 Å². The summed E-state index contributed by atoms with van der Waals surface area (Å²) in [6.45, 7) is 2.68. The minimum absolute atomic E-state index is 0.135. The zero-order valence-electron chi connectivity index (χ0n) is 24.7. The first-order chi connectivity index (χ1) is 20.4. The Hall–Kier alpha value is -3.68. The van der Waals surface area contributed by atoms with Crippen LogP contribution in [0.3, 0.4) is 0 Å². The molecule has 0 unspecified atom stereocenters. The van der Waals surface area contributed by atoms with Crippen molar-refractivity contribution in [3.8, 4) is 16.9 Å². The van der Waals surface area contributed by atoms with Crippen LogP contribution in [-0.4, -0.2) is 45.4 Å². The number of amides is 1. The highest BCUT2D eigenvalue weighted by Gasteiger charge is 2.34. The minimum atomic E-state index is -0.740. The van der Waals surface area contributed by atoms with Crippen LogP contribution < -0.4 is 9.64 Å². The fourth-order valence-corrected chi connectivity index (χ4v) is 6.92. The van der Waals surface area contributed by atoms with Gasteiger partial charge in [0.05, 0.1) is 31.0 Å². The zero-order valence-corrected chi connectivity index (χ0v) is 24.7. The topological polar surface area (TPSA) is 97.5 Å². The first-order valence-corrected chi connectivity index (χ1v) is 15.6. The molecule has 0 aliphatic heterocycles. The van der Waals surface area contributed by atoms with E-state index in [1.165, 1.54) is 12.8 Å². The highest BCUT2D eigenvalue weighted by molar-refractivity contribution is 5.96.